The minimum Gasteiger partial charge on any atom is -0.497 e. The Kier molecular flexibility index (Phi) is 3.60. The van der Waals surface area contributed by atoms with Crippen LogP contribution >= 0.6 is 0 Å². The van der Waals surface area contributed by atoms with Gasteiger partial charge in [0.15, 0.2) is 0 Å². The van der Waals surface area contributed by atoms with E-state index < -0.39 is 10.0 Å². The van der Waals surface area contributed by atoms with Crippen molar-refractivity contribution >= 4 is 10.0 Å². The number of rotatable bonds is 4. The Bertz CT molecular complexity index is 534. The third kappa shape index (κ3) is 2.36. The fraction of sp³-hybridized carbons (Fsp3) is 0.250. The van der Waals surface area contributed by atoms with Crippen molar-refractivity contribution in [1.82, 2.24) is 0 Å². The van der Waals surface area contributed by atoms with E-state index in [9.17, 15) is 8.42 Å². The average Bonchev–Trinajstić information content (AvgIpc) is 2.28. The number of hydrogen-bond acceptors (Lipinski definition) is 4. The SMILES string of the molecule is COc1ccc(S(=O)(=O)N=[N+]=[N-])c(OC)c1. The zero-order valence-corrected chi connectivity index (χ0v) is 9.43. The quantitative estimate of drug-likeness (QED) is 0.456. The van der Waals surface area contributed by atoms with Crippen molar-refractivity contribution in [2.75, 3.05) is 14.2 Å². The Morgan fingerprint density at radius 1 is 1.31 bits per heavy atom. The molecule has 0 amide bonds. The average molecular weight is 243 g/mol. The van der Waals surface area contributed by atoms with Crippen molar-refractivity contribution in [3.05, 3.63) is 28.6 Å². The second-order valence-corrected chi connectivity index (χ2v) is 4.22. The maximum absolute atomic E-state index is 11.5. The maximum atomic E-state index is 11.5. The summed E-state index contributed by atoms with van der Waals surface area (Å²) in [5.41, 5.74) is 8.14. The summed E-state index contributed by atoms with van der Waals surface area (Å²) < 4.78 is 35.4. The lowest BCUT2D eigenvalue weighted by molar-refractivity contribution is 0.386. The zero-order valence-electron chi connectivity index (χ0n) is 8.61. The van der Waals surface area contributed by atoms with Gasteiger partial charge in [0, 0.05) is 15.5 Å². The maximum Gasteiger partial charge on any atom is 0.267 e. The molecule has 0 radical (unpaired) electrons. The van der Waals surface area contributed by atoms with Crippen LogP contribution in [0.1, 0.15) is 0 Å². The van der Waals surface area contributed by atoms with Gasteiger partial charge in [0.2, 0.25) is 0 Å². The molecule has 0 atom stereocenters. The number of nitrogens with zero attached hydrogens (tertiary/aromatic N) is 3. The first-order valence-corrected chi connectivity index (χ1v) is 5.52. The van der Waals surface area contributed by atoms with Gasteiger partial charge in [-0.25, -0.2) is 8.42 Å². The molecule has 16 heavy (non-hydrogen) atoms. The highest BCUT2D eigenvalue weighted by Crippen LogP contribution is 2.29. The lowest BCUT2D eigenvalue weighted by atomic mass is 10.3. The van der Waals surface area contributed by atoms with Crippen LogP contribution in [0.15, 0.2) is 27.6 Å². The molecule has 1 aromatic rings. The molecule has 1 aromatic carbocycles. The summed E-state index contributed by atoms with van der Waals surface area (Å²) in [6, 6.07) is 4.07. The van der Waals surface area contributed by atoms with Crippen LogP contribution in [0.3, 0.4) is 0 Å². The predicted molar refractivity (Wildman–Crippen MR) is 55.9 cm³/mol. The predicted octanol–water partition coefficient (Wildman–Crippen LogP) is 1.70. The molecule has 0 bridgehead atoms. The van der Waals surface area contributed by atoms with E-state index in [1.54, 1.807) is 0 Å². The fourth-order valence-electron chi connectivity index (χ4n) is 1.08. The van der Waals surface area contributed by atoms with Crippen LogP contribution in [0.2, 0.25) is 0 Å². The number of azide groups is 1. The summed E-state index contributed by atoms with van der Waals surface area (Å²) in [6.07, 6.45) is 0. The molecule has 8 heteroatoms. The molecular formula is C8H9N3O4S. The Balaban J connectivity index is 3.40. The molecular weight excluding hydrogens is 234 g/mol. The van der Waals surface area contributed by atoms with Gasteiger partial charge in [-0.2, -0.15) is 0 Å². The molecule has 0 saturated carbocycles. The number of methoxy groups -OCH3 is 2. The molecule has 0 spiro atoms. The van der Waals surface area contributed by atoms with E-state index in [4.69, 9.17) is 15.0 Å². The molecule has 0 aliphatic rings. The van der Waals surface area contributed by atoms with E-state index in [1.807, 2.05) is 0 Å². The summed E-state index contributed by atoms with van der Waals surface area (Å²) in [5, 5.41) is 0. The van der Waals surface area contributed by atoms with Crippen LogP contribution in [-0.2, 0) is 10.0 Å². The van der Waals surface area contributed by atoms with Crippen LogP contribution in [0.4, 0.5) is 0 Å². The van der Waals surface area contributed by atoms with Gasteiger partial charge >= 0.3 is 0 Å². The van der Waals surface area contributed by atoms with Gasteiger partial charge in [-0.1, -0.05) is 0 Å². The van der Waals surface area contributed by atoms with E-state index in [-0.39, 0.29) is 10.6 Å². The topological polar surface area (TPSA) is 101 Å². The van der Waals surface area contributed by atoms with E-state index in [0.29, 0.717) is 5.75 Å². The van der Waals surface area contributed by atoms with Crippen LogP contribution < -0.4 is 9.47 Å². The van der Waals surface area contributed by atoms with Crippen molar-refractivity contribution in [3.63, 3.8) is 0 Å². The third-order valence-electron chi connectivity index (χ3n) is 1.79. The van der Waals surface area contributed by atoms with Gasteiger partial charge in [-0.05, 0) is 17.7 Å². The molecule has 0 fully saturated rings. The highest BCUT2D eigenvalue weighted by Gasteiger charge is 2.18. The molecule has 0 saturated heterocycles. The number of sulfonamides is 1. The third-order valence-corrected chi connectivity index (χ3v) is 2.97. The first-order chi connectivity index (χ1) is 7.55. The molecule has 0 heterocycles. The highest BCUT2D eigenvalue weighted by molar-refractivity contribution is 7.90. The molecule has 0 N–H and O–H groups in total. The standard InChI is InChI=1S/C8H9N3O4S/c1-14-6-3-4-8(7(5-6)15-2)16(12,13)11-10-9/h3-5H,1-2H3. The van der Waals surface area contributed by atoms with E-state index in [2.05, 4.69) is 9.43 Å². The monoisotopic (exact) mass is 243 g/mol. The summed E-state index contributed by atoms with van der Waals surface area (Å²) in [4.78, 5) is 2.05. The molecule has 0 unspecified atom stereocenters. The fourth-order valence-corrected chi connectivity index (χ4v) is 1.90. The Morgan fingerprint density at radius 2 is 2.00 bits per heavy atom. The van der Waals surface area contributed by atoms with Gasteiger partial charge in [0.05, 0.1) is 14.2 Å². The molecule has 86 valence electrons. The summed E-state index contributed by atoms with van der Waals surface area (Å²) in [7, 11) is -1.30. The lowest BCUT2D eigenvalue weighted by Crippen LogP contribution is -1.99. The van der Waals surface area contributed by atoms with Crippen molar-refractivity contribution < 1.29 is 17.9 Å². The van der Waals surface area contributed by atoms with E-state index in [1.165, 1.54) is 32.4 Å². The smallest absolute Gasteiger partial charge is 0.267 e. The molecule has 0 aromatic heterocycles. The van der Waals surface area contributed by atoms with E-state index in [0.717, 1.165) is 0 Å². The molecule has 0 aliphatic carbocycles. The second-order valence-electron chi connectivity index (χ2n) is 2.66. The Morgan fingerprint density at radius 3 is 2.50 bits per heavy atom. The largest absolute Gasteiger partial charge is 0.497 e. The molecule has 1 rings (SSSR count). The number of hydrogen-bond donors (Lipinski definition) is 0. The van der Waals surface area contributed by atoms with Crippen molar-refractivity contribution in [3.8, 4) is 11.5 Å². The summed E-state index contributed by atoms with van der Waals surface area (Å²) in [6.45, 7) is 0. The Labute approximate surface area is 92.3 Å². The minimum atomic E-state index is -4.05. The van der Waals surface area contributed by atoms with Crippen LogP contribution in [0.25, 0.3) is 10.4 Å². The summed E-state index contributed by atoms with van der Waals surface area (Å²) in [5.74, 6) is 0.503. The molecule has 0 aliphatic heterocycles. The number of benzene rings is 1. The van der Waals surface area contributed by atoms with Gasteiger partial charge in [0.25, 0.3) is 10.0 Å². The normalized spacial score (nSPS) is 10.4. The van der Waals surface area contributed by atoms with Crippen LogP contribution in [0, 0.1) is 0 Å². The Hall–Kier alpha value is -1.92. The van der Waals surface area contributed by atoms with Gasteiger partial charge in [-0.15, -0.1) is 0 Å². The number of ether oxygens (including phenoxy) is 2. The first-order valence-electron chi connectivity index (χ1n) is 4.08. The van der Waals surface area contributed by atoms with Crippen molar-refractivity contribution in [1.29, 1.82) is 0 Å². The van der Waals surface area contributed by atoms with Gasteiger partial charge in [0.1, 0.15) is 16.4 Å². The van der Waals surface area contributed by atoms with Crippen LogP contribution in [-0.4, -0.2) is 22.6 Å². The molecule has 7 nitrogen and oxygen atoms in total. The summed E-state index contributed by atoms with van der Waals surface area (Å²) >= 11 is 0. The van der Waals surface area contributed by atoms with Crippen LogP contribution in [0.5, 0.6) is 11.5 Å². The second kappa shape index (κ2) is 4.73. The minimum absolute atomic E-state index is 0.0618. The first kappa shape index (κ1) is 12.2. The van der Waals surface area contributed by atoms with E-state index >= 15 is 0 Å². The zero-order chi connectivity index (χ0) is 12.2. The lowest BCUT2D eigenvalue weighted by Gasteiger charge is -2.07. The van der Waals surface area contributed by atoms with Gasteiger partial charge < -0.3 is 9.47 Å². The van der Waals surface area contributed by atoms with Crippen molar-refractivity contribution in [2.24, 2.45) is 4.52 Å². The van der Waals surface area contributed by atoms with Crippen molar-refractivity contribution in [2.45, 2.75) is 4.90 Å². The highest BCUT2D eigenvalue weighted by atomic mass is 32.2. The van der Waals surface area contributed by atoms with Gasteiger partial charge in [-0.3, -0.25) is 0 Å².